The molecule has 0 aliphatic carbocycles. The third-order valence-corrected chi connectivity index (χ3v) is 4.72. The standard InChI is InChI=1S/C24H17N3O3/c28-24-21(13-17-7-4-5-11-22(17)30-24)23-18(14-25-15-20-10-6-12-29-20)16-27(26-23)19-8-2-1-3-9-19/h1-14,16H,15H2. The SMILES string of the molecule is O=c1oc2ccccc2cc1-c1nn(-c2ccccc2)cc1C=NCc1ccco1. The highest BCUT2D eigenvalue weighted by molar-refractivity contribution is 5.90. The zero-order chi connectivity index (χ0) is 20.3. The molecular formula is C24H17N3O3. The molecule has 5 rings (SSSR count). The highest BCUT2D eigenvalue weighted by Gasteiger charge is 2.16. The molecule has 3 heterocycles. The molecule has 6 heteroatoms. The number of hydrogen-bond donors (Lipinski definition) is 0. The maximum absolute atomic E-state index is 12.7. The summed E-state index contributed by atoms with van der Waals surface area (Å²) >= 11 is 0. The normalized spacial score (nSPS) is 11.5. The van der Waals surface area contributed by atoms with Gasteiger partial charge in [0.1, 0.15) is 17.0 Å². The molecule has 3 aromatic heterocycles. The highest BCUT2D eigenvalue weighted by Crippen LogP contribution is 2.23. The molecule has 6 nitrogen and oxygen atoms in total. The number of nitrogens with zero attached hydrogens (tertiary/aromatic N) is 3. The summed E-state index contributed by atoms with van der Waals surface area (Å²) in [6, 6.07) is 22.6. The van der Waals surface area contributed by atoms with E-state index in [-0.39, 0.29) is 0 Å². The van der Waals surface area contributed by atoms with Crippen molar-refractivity contribution in [2.75, 3.05) is 0 Å². The fraction of sp³-hybridized carbons (Fsp3) is 0.0417. The predicted molar refractivity (Wildman–Crippen MR) is 115 cm³/mol. The fourth-order valence-electron chi connectivity index (χ4n) is 3.27. The van der Waals surface area contributed by atoms with Crippen LogP contribution in [0, 0.1) is 0 Å². The van der Waals surface area contributed by atoms with Crippen LogP contribution in [0.25, 0.3) is 27.9 Å². The second-order valence-electron chi connectivity index (χ2n) is 6.75. The van der Waals surface area contributed by atoms with Gasteiger partial charge in [0.05, 0.1) is 24.1 Å². The zero-order valence-corrected chi connectivity index (χ0v) is 15.9. The molecule has 0 amide bonds. The van der Waals surface area contributed by atoms with E-state index in [0.29, 0.717) is 28.9 Å². The van der Waals surface area contributed by atoms with Gasteiger partial charge in [-0.1, -0.05) is 36.4 Å². The van der Waals surface area contributed by atoms with Crippen molar-refractivity contribution in [2.45, 2.75) is 6.54 Å². The molecule has 0 bridgehead atoms. The minimum atomic E-state index is -0.437. The van der Waals surface area contributed by atoms with Gasteiger partial charge in [0, 0.05) is 23.4 Å². The van der Waals surface area contributed by atoms with E-state index in [9.17, 15) is 4.79 Å². The van der Waals surface area contributed by atoms with Crippen LogP contribution in [0.2, 0.25) is 0 Å². The van der Waals surface area contributed by atoms with Crippen LogP contribution in [0.5, 0.6) is 0 Å². The second-order valence-corrected chi connectivity index (χ2v) is 6.75. The van der Waals surface area contributed by atoms with Gasteiger partial charge in [0.25, 0.3) is 0 Å². The average molecular weight is 395 g/mol. The van der Waals surface area contributed by atoms with Crippen LogP contribution < -0.4 is 5.63 Å². The van der Waals surface area contributed by atoms with Gasteiger partial charge in [-0.25, -0.2) is 9.48 Å². The number of para-hydroxylation sites is 2. The number of furan rings is 1. The lowest BCUT2D eigenvalue weighted by Gasteiger charge is -2.01. The van der Waals surface area contributed by atoms with Gasteiger partial charge in [-0.3, -0.25) is 4.99 Å². The topological polar surface area (TPSA) is 73.5 Å². The lowest BCUT2D eigenvalue weighted by Crippen LogP contribution is -2.05. The van der Waals surface area contributed by atoms with Gasteiger partial charge in [-0.15, -0.1) is 0 Å². The fourth-order valence-corrected chi connectivity index (χ4v) is 3.27. The van der Waals surface area contributed by atoms with Crippen LogP contribution in [0.1, 0.15) is 11.3 Å². The molecule has 0 saturated carbocycles. The maximum atomic E-state index is 12.7. The van der Waals surface area contributed by atoms with Gasteiger partial charge in [-0.2, -0.15) is 5.10 Å². The first-order chi connectivity index (χ1) is 14.8. The molecule has 0 unspecified atom stereocenters. The van der Waals surface area contributed by atoms with E-state index in [4.69, 9.17) is 8.83 Å². The van der Waals surface area contributed by atoms with Crippen molar-refractivity contribution in [1.29, 1.82) is 0 Å². The third kappa shape index (κ3) is 3.46. The van der Waals surface area contributed by atoms with Crippen LogP contribution in [0.3, 0.4) is 0 Å². The first-order valence-electron chi connectivity index (χ1n) is 9.48. The van der Waals surface area contributed by atoms with Crippen molar-refractivity contribution < 1.29 is 8.83 Å². The van der Waals surface area contributed by atoms with Crippen molar-refractivity contribution in [3.63, 3.8) is 0 Å². The molecule has 0 N–H and O–H groups in total. The number of aliphatic imine (C=N–C) groups is 1. The smallest absolute Gasteiger partial charge is 0.345 e. The summed E-state index contributed by atoms with van der Waals surface area (Å²) in [7, 11) is 0. The van der Waals surface area contributed by atoms with E-state index in [2.05, 4.69) is 10.1 Å². The highest BCUT2D eigenvalue weighted by atomic mass is 16.4. The van der Waals surface area contributed by atoms with Crippen LogP contribution >= 0.6 is 0 Å². The maximum Gasteiger partial charge on any atom is 0.345 e. The number of benzene rings is 2. The molecule has 0 atom stereocenters. The molecule has 30 heavy (non-hydrogen) atoms. The number of fused-ring (bicyclic) bond motifs is 1. The van der Waals surface area contributed by atoms with Gasteiger partial charge >= 0.3 is 5.63 Å². The summed E-state index contributed by atoms with van der Waals surface area (Å²) in [6.07, 6.45) is 5.17. The number of aromatic nitrogens is 2. The Bertz CT molecular complexity index is 1380. The van der Waals surface area contributed by atoms with Crippen molar-refractivity contribution in [3.8, 4) is 16.9 Å². The lowest BCUT2D eigenvalue weighted by atomic mass is 10.1. The van der Waals surface area contributed by atoms with E-state index in [1.807, 2.05) is 72.9 Å². The summed E-state index contributed by atoms with van der Waals surface area (Å²) < 4.78 is 12.6. The number of hydrogen-bond acceptors (Lipinski definition) is 5. The van der Waals surface area contributed by atoms with E-state index in [1.54, 1.807) is 23.2 Å². The molecule has 0 aliphatic rings. The van der Waals surface area contributed by atoms with Crippen LogP contribution in [-0.2, 0) is 6.54 Å². The Morgan fingerprint density at radius 2 is 1.83 bits per heavy atom. The lowest BCUT2D eigenvalue weighted by molar-refractivity contribution is 0.513. The Kier molecular flexibility index (Phi) is 4.57. The molecule has 0 aliphatic heterocycles. The number of rotatable bonds is 5. The molecule has 0 radical (unpaired) electrons. The minimum Gasteiger partial charge on any atom is -0.467 e. The van der Waals surface area contributed by atoms with Gasteiger partial charge in [-0.05, 0) is 36.4 Å². The first-order valence-corrected chi connectivity index (χ1v) is 9.48. The van der Waals surface area contributed by atoms with E-state index >= 15 is 0 Å². The molecule has 0 saturated heterocycles. The molecule has 0 fully saturated rings. The van der Waals surface area contributed by atoms with Crippen molar-refractivity contribution >= 4 is 17.2 Å². The Balaban J connectivity index is 1.62. The summed E-state index contributed by atoms with van der Waals surface area (Å²) in [5.41, 5.74) is 2.61. The average Bonchev–Trinajstić information content (AvgIpc) is 3.44. The van der Waals surface area contributed by atoms with Gasteiger partial charge in [0.15, 0.2) is 0 Å². The predicted octanol–water partition coefficient (Wildman–Crippen LogP) is 4.86. The van der Waals surface area contributed by atoms with Crippen LogP contribution in [0.4, 0.5) is 0 Å². The van der Waals surface area contributed by atoms with Crippen molar-refractivity contribution in [3.05, 3.63) is 107 Å². The summed E-state index contributed by atoms with van der Waals surface area (Å²) in [5, 5.41) is 5.51. The molecular weight excluding hydrogens is 378 g/mol. The van der Waals surface area contributed by atoms with Crippen molar-refractivity contribution in [2.24, 2.45) is 4.99 Å². The molecule has 2 aromatic carbocycles. The van der Waals surface area contributed by atoms with E-state index in [1.165, 1.54) is 0 Å². The Hall–Kier alpha value is -4.19. The minimum absolute atomic E-state index is 0.392. The van der Waals surface area contributed by atoms with Crippen molar-refractivity contribution in [1.82, 2.24) is 9.78 Å². The largest absolute Gasteiger partial charge is 0.467 e. The molecule has 5 aromatic rings. The second kappa shape index (κ2) is 7.67. The van der Waals surface area contributed by atoms with Crippen LogP contribution in [0.15, 0.2) is 104 Å². The van der Waals surface area contributed by atoms with Gasteiger partial charge in [0.2, 0.25) is 0 Å². The third-order valence-electron chi connectivity index (χ3n) is 4.72. The van der Waals surface area contributed by atoms with Crippen LogP contribution in [-0.4, -0.2) is 16.0 Å². The summed E-state index contributed by atoms with van der Waals surface area (Å²) in [5.74, 6) is 0.758. The summed E-state index contributed by atoms with van der Waals surface area (Å²) in [6.45, 7) is 0.398. The molecule has 146 valence electrons. The van der Waals surface area contributed by atoms with E-state index in [0.717, 1.165) is 16.8 Å². The summed E-state index contributed by atoms with van der Waals surface area (Å²) in [4.78, 5) is 17.2. The molecule has 0 spiro atoms. The monoisotopic (exact) mass is 395 g/mol. The Morgan fingerprint density at radius 3 is 2.67 bits per heavy atom. The zero-order valence-electron chi connectivity index (χ0n) is 15.9. The Morgan fingerprint density at radius 1 is 1.00 bits per heavy atom. The van der Waals surface area contributed by atoms with Gasteiger partial charge < -0.3 is 8.83 Å². The van der Waals surface area contributed by atoms with E-state index < -0.39 is 5.63 Å². The quantitative estimate of drug-likeness (QED) is 0.315. The first kappa shape index (κ1) is 17.9. The Labute approximate surface area is 171 Å².